The molecule has 4 aromatic heterocycles. The molecule has 41 heavy (non-hydrogen) atoms. The van der Waals surface area contributed by atoms with Crippen LogP contribution in [0.5, 0.6) is 0 Å². The van der Waals surface area contributed by atoms with Crippen molar-refractivity contribution in [3.63, 3.8) is 0 Å². The minimum Gasteiger partial charge on any atom is -0.387 e. The van der Waals surface area contributed by atoms with E-state index in [0.717, 1.165) is 55.3 Å². The number of benzene rings is 1. The quantitative estimate of drug-likeness (QED) is 0.297. The molecule has 2 N–H and O–H groups in total. The molecule has 0 amide bonds. The summed E-state index contributed by atoms with van der Waals surface area (Å²) in [7, 11) is 1.80. The lowest BCUT2D eigenvalue weighted by molar-refractivity contribution is 0.108. The van der Waals surface area contributed by atoms with Gasteiger partial charge in [0.2, 0.25) is 0 Å². The van der Waals surface area contributed by atoms with Crippen molar-refractivity contribution in [3.8, 4) is 34.4 Å². The highest BCUT2D eigenvalue weighted by atomic mass is 19.1. The molecule has 0 spiro atoms. The third-order valence-electron chi connectivity index (χ3n) is 8.42. The van der Waals surface area contributed by atoms with E-state index in [-0.39, 0.29) is 22.9 Å². The molecular formula is C31H28FN7O2. The third kappa shape index (κ3) is 4.43. The van der Waals surface area contributed by atoms with E-state index in [1.807, 2.05) is 6.07 Å². The highest BCUT2D eigenvalue weighted by molar-refractivity contribution is 5.86. The Balaban J connectivity index is 1.40. The molecule has 0 saturated heterocycles. The molecule has 2 saturated carbocycles. The van der Waals surface area contributed by atoms with Crippen molar-refractivity contribution in [1.29, 1.82) is 5.26 Å². The highest BCUT2D eigenvalue weighted by Crippen LogP contribution is 2.42. The van der Waals surface area contributed by atoms with Crippen LogP contribution in [0.15, 0.2) is 53.7 Å². The molecule has 1 unspecified atom stereocenters. The molecule has 0 bridgehead atoms. The molecule has 2 aliphatic carbocycles. The van der Waals surface area contributed by atoms with Gasteiger partial charge in [-0.05, 0) is 73.1 Å². The van der Waals surface area contributed by atoms with Crippen LogP contribution in [-0.2, 0) is 7.05 Å². The van der Waals surface area contributed by atoms with Gasteiger partial charge in [0.1, 0.15) is 29.5 Å². The normalized spacial score (nSPS) is 16.3. The van der Waals surface area contributed by atoms with Gasteiger partial charge in [-0.1, -0.05) is 18.9 Å². The number of H-pyrrole nitrogens is 1. The second-order valence-corrected chi connectivity index (χ2v) is 11.2. The van der Waals surface area contributed by atoms with Gasteiger partial charge in [-0.25, -0.2) is 9.37 Å². The van der Waals surface area contributed by atoms with Crippen LogP contribution in [0.25, 0.3) is 39.2 Å². The first-order valence-corrected chi connectivity index (χ1v) is 13.9. The fraction of sp³-hybridized carbons (Fsp3) is 0.323. The van der Waals surface area contributed by atoms with Crippen molar-refractivity contribution in [2.24, 2.45) is 13.0 Å². The fourth-order valence-electron chi connectivity index (χ4n) is 6.06. The molecule has 1 aromatic carbocycles. The minimum atomic E-state index is -0.718. The molecule has 2 fully saturated rings. The van der Waals surface area contributed by atoms with Crippen LogP contribution in [0.3, 0.4) is 0 Å². The Hall–Kier alpha value is -4.62. The van der Waals surface area contributed by atoms with E-state index in [2.05, 4.69) is 21.3 Å². The van der Waals surface area contributed by atoms with E-state index in [1.165, 1.54) is 22.9 Å². The first kappa shape index (κ1) is 25.4. The number of hydrogen-bond acceptors (Lipinski definition) is 6. The van der Waals surface area contributed by atoms with Crippen molar-refractivity contribution in [3.05, 3.63) is 82.0 Å². The average Bonchev–Trinajstić information content (AvgIpc) is 3.33. The van der Waals surface area contributed by atoms with Crippen molar-refractivity contribution in [2.45, 2.75) is 50.5 Å². The maximum atomic E-state index is 14.4. The van der Waals surface area contributed by atoms with Gasteiger partial charge in [-0.2, -0.15) is 5.26 Å². The van der Waals surface area contributed by atoms with Crippen LogP contribution in [0.1, 0.15) is 67.5 Å². The number of rotatable bonds is 6. The second-order valence-electron chi connectivity index (χ2n) is 11.2. The Morgan fingerprint density at radius 2 is 1.93 bits per heavy atom. The summed E-state index contributed by atoms with van der Waals surface area (Å²) in [5, 5.41) is 29.7. The number of aromatic amines is 1. The van der Waals surface area contributed by atoms with Crippen molar-refractivity contribution >= 4 is 10.9 Å². The molecule has 10 heteroatoms. The number of aliphatic hydroxyl groups is 1. The van der Waals surface area contributed by atoms with E-state index >= 15 is 0 Å². The van der Waals surface area contributed by atoms with E-state index in [4.69, 9.17) is 4.98 Å². The summed E-state index contributed by atoms with van der Waals surface area (Å²) in [5.74, 6) is 0.880. The SMILES string of the molecule is Cn1cnnc1-c1cc(F)ccc1-c1cc(C2CC2)nc(-n2cc(C#N)c3cc(C(O)C4CCCC4)[nH]c3c2=O)c1. The summed E-state index contributed by atoms with van der Waals surface area (Å²) in [4.78, 5) is 21.9. The Morgan fingerprint density at radius 3 is 2.63 bits per heavy atom. The number of nitrogens with one attached hydrogen (secondary N) is 1. The lowest BCUT2D eigenvalue weighted by atomic mass is 9.98. The molecule has 0 aliphatic heterocycles. The van der Waals surface area contributed by atoms with Gasteiger partial charge < -0.3 is 14.7 Å². The third-order valence-corrected chi connectivity index (χ3v) is 8.42. The largest absolute Gasteiger partial charge is 0.387 e. The molecule has 7 rings (SSSR count). The molecule has 1 atom stereocenters. The predicted molar refractivity (Wildman–Crippen MR) is 151 cm³/mol. The molecular weight excluding hydrogens is 521 g/mol. The zero-order chi connectivity index (χ0) is 28.2. The van der Waals surface area contributed by atoms with Gasteiger partial charge in [0.05, 0.1) is 11.7 Å². The topological polar surface area (TPSA) is 125 Å². The van der Waals surface area contributed by atoms with Crippen LogP contribution >= 0.6 is 0 Å². The Labute approximate surface area is 234 Å². The lowest BCUT2D eigenvalue weighted by Gasteiger charge is -2.15. The summed E-state index contributed by atoms with van der Waals surface area (Å²) in [5.41, 5.74) is 3.65. The maximum absolute atomic E-state index is 14.4. The fourth-order valence-corrected chi connectivity index (χ4v) is 6.06. The summed E-state index contributed by atoms with van der Waals surface area (Å²) >= 11 is 0. The molecule has 2 aliphatic rings. The number of nitriles is 1. The molecule has 9 nitrogen and oxygen atoms in total. The zero-order valence-electron chi connectivity index (χ0n) is 22.5. The molecule has 0 radical (unpaired) electrons. The maximum Gasteiger partial charge on any atom is 0.280 e. The lowest BCUT2D eigenvalue weighted by Crippen LogP contribution is -2.20. The number of aromatic nitrogens is 6. The van der Waals surface area contributed by atoms with Crippen LogP contribution < -0.4 is 5.56 Å². The number of nitrogens with zero attached hydrogens (tertiary/aromatic N) is 6. The highest BCUT2D eigenvalue weighted by Gasteiger charge is 2.29. The Bertz CT molecular complexity index is 1900. The molecule has 4 heterocycles. The molecule has 5 aromatic rings. The zero-order valence-corrected chi connectivity index (χ0v) is 22.5. The number of aliphatic hydroxyl groups excluding tert-OH is 1. The van der Waals surface area contributed by atoms with E-state index in [0.29, 0.717) is 33.8 Å². The standard InChI is InChI=1S/C31H28FN7O2/c1-38-16-34-37-30(38)24-12-21(32)8-9-22(24)19-10-25(17-6-7-17)35-27(11-19)39-15-20(14-33)23-13-26(36-28(23)31(39)41)29(40)18-4-2-3-5-18/h8-13,15-18,29,36,40H,2-7H2,1H3. The van der Waals surface area contributed by atoms with Gasteiger partial charge in [0, 0.05) is 41.5 Å². The van der Waals surface area contributed by atoms with Gasteiger partial charge in [0.15, 0.2) is 5.82 Å². The first-order valence-electron chi connectivity index (χ1n) is 13.9. The number of hydrogen-bond donors (Lipinski definition) is 2. The van der Waals surface area contributed by atoms with E-state index in [1.54, 1.807) is 36.1 Å². The Kier molecular flexibility index (Phi) is 6.05. The van der Waals surface area contributed by atoms with Crippen molar-refractivity contribution < 1.29 is 9.50 Å². The van der Waals surface area contributed by atoms with Crippen LogP contribution in [-0.4, -0.2) is 34.4 Å². The summed E-state index contributed by atoms with van der Waals surface area (Å²) in [6, 6.07) is 12.2. The van der Waals surface area contributed by atoms with E-state index < -0.39 is 11.9 Å². The first-order chi connectivity index (χ1) is 19.9. The summed E-state index contributed by atoms with van der Waals surface area (Å²) < 4.78 is 17.5. The van der Waals surface area contributed by atoms with Crippen LogP contribution in [0.2, 0.25) is 0 Å². The van der Waals surface area contributed by atoms with Gasteiger partial charge in [0.25, 0.3) is 5.56 Å². The Morgan fingerprint density at radius 1 is 1.12 bits per heavy atom. The van der Waals surface area contributed by atoms with Crippen LogP contribution in [0.4, 0.5) is 4.39 Å². The summed E-state index contributed by atoms with van der Waals surface area (Å²) in [6.07, 6.45) is 8.37. The number of aryl methyl sites for hydroxylation is 1. The van der Waals surface area contributed by atoms with Gasteiger partial charge >= 0.3 is 0 Å². The van der Waals surface area contributed by atoms with Gasteiger partial charge in [-0.15, -0.1) is 10.2 Å². The number of pyridine rings is 2. The minimum absolute atomic E-state index is 0.133. The van der Waals surface area contributed by atoms with Crippen molar-refractivity contribution in [2.75, 3.05) is 0 Å². The second kappa shape index (κ2) is 9.78. The molecule has 206 valence electrons. The summed E-state index contributed by atoms with van der Waals surface area (Å²) in [6.45, 7) is 0. The monoisotopic (exact) mass is 549 g/mol. The average molecular weight is 550 g/mol. The van der Waals surface area contributed by atoms with Crippen molar-refractivity contribution in [1.82, 2.24) is 29.3 Å². The number of fused-ring (bicyclic) bond motifs is 1. The predicted octanol–water partition coefficient (Wildman–Crippen LogP) is 5.29. The van der Waals surface area contributed by atoms with Gasteiger partial charge in [-0.3, -0.25) is 9.36 Å². The smallest absolute Gasteiger partial charge is 0.280 e. The van der Waals surface area contributed by atoms with Crippen LogP contribution in [0, 0.1) is 23.1 Å². The van der Waals surface area contributed by atoms with E-state index in [9.17, 15) is 19.6 Å². The number of halogens is 1.